The molecule has 0 aliphatic heterocycles. The molecule has 2 aromatic rings. The molecule has 0 aliphatic rings. The summed E-state index contributed by atoms with van der Waals surface area (Å²) in [6.07, 6.45) is 3.71. The predicted octanol–water partition coefficient (Wildman–Crippen LogP) is 1.91. The van der Waals surface area contributed by atoms with Gasteiger partial charge in [0.2, 0.25) is 0 Å². The van der Waals surface area contributed by atoms with E-state index in [0.29, 0.717) is 11.6 Å². The molecular weight excluding hydrogens is 260 g/mol. The Bertz CT molecular complexity index is 550. The number of nitrogens with zero attached hydrogens (tertiary/aromatic N) is 2. The van der Waals surface area contributed by atoms with E-state index in [4.69, 9.17) is 22.7 Å². The van der Waals surface area contributed by atoms with Crippen molar-refractivity contribution in [2.24, 2.45) is 5.73 Å². The van der Waals surface area contributed by atoms with E-state index < -0.39 is 0 Å². The van der Waals surface area contributed by atoms with Crippen LogP contribution in [0.5, 0.6) is 0 Å². The van der Waals surface area contributed by atoms with Gasteiger partial charge in [-0.3, -0.25) is 4.68 Å². The Labute approximate surface area is 117 Å². The quantitative estimate of drug-likeness (QED) is 0.789. The van der Waals surface area contributed by atoms with Crippen LogP contribution in [0.1, 0.15) is 5.56 Å². The number of aromatic nitrogens is 2. The molecule has 0 unspecified atom stereocenters. The maximum atomic E-state index is 5.55. The van der Waals surface area contributed by atoms with Gasteiger partial charge < -0.3 is 15.8 Å². The molecule has 0 radical (unpaired) electrons. The van der Waals surface area contributed by atoms with Gasteiger partial charge in [-0.25, -0.2) is 0 Å². The average Bonchev–Trinajstić information content (AvgIpc) is 2.84. The van der Waals surface area contributed by atoms with Gasteiger partial charge in [0.1, 0.15) is 4.99 Å². The Balaban J connectivity index is 2.00. The second-order valence-corrected chi connectivity index (χ2v) is 4.49. The van der Waals surface area contributed by atoms with Gasteiger partial charge in [0, 0.05) is 24.6 Å². The lowest BCUT2D eigenvalue weighted by molar-refractivity contribution is 0.183. The number of ether oxygens (including phenoxy) is 1. The molecule has 0 bridgehead atoms. The first-order valence-corrected chi connectivity index (χ1v) is 6.28. The maximum absolute atomic E-state index is 5.55. The molecule has 5 nitrogen and oxygen atoms in total. The monoisotopic (exact) mass is 276 g/mol. The van der Waals surface area contributed by atoms with Crippen molar-refractivity contribution in [2.45, 2.75) is 6.54 Å². The van der Waals surface area contributed by atoms with Gasteiger partial charge in [-0.1, -0.05) is 12.2 Å². The second-order valence-electron chi connectivity index (χ2n) is 4.05. The van der Waals surface area contributed by atoms with E-state index in [2.05, 4.69) is 10.4 Å². The van der Waals surface area contributed by atoms with Crippen LogP contribution < -0.4 is 11.1 Å². The fraction of sp³-hybridized carbons (Fsp3) is 0.231. The van der Waals surface area contributed by atoms with Gasteiger partial charge in [-0.15, -0.1) is 0 Å². The summed E-state index contributed by atoms with van der Waals surface area (Å²) in [6.45, 7) is 1.38. The average molecular weight is 276 g/mol. The van der Waals surface area contributed by atoms with Gasteiger partial charge in [-0.05, 0) is 24.3 Å². The molecule has 19 heavy (non-hydrogen) atoms. The topological polar surface area (TPSA) is 65.1 Å². The molecule has 0 saturated heterocycles. The first-order valence-electron chi connectivity index (χ1n) is 5.87. The second kappa shape index (κ2) is 6.31. The molecule has 2 rings (SSSR count). The van der Waals surface area contributed by atoms with Crippen LogP contribution in [0.4, 0.5) is 11.4 Å². The lowest BCUT2D eigenvalue weighted by Gasteiger charge is -2.04. The zero-order valence-electron chi connectivity index (χ0n) is 10.7. The van der Waals surface area contributed by atoms with Gasteiger partial charge in [-0.2, -0.15) is 5.10 Å². The summed E-state index contributed by atoms with van der Waals surface area (Å²) in [5.41, 5.74) is 8.30. The van der Waals surface area contributed by atoms with E-state index in [1.807, 2.05) is 35.1 Å². The number of thiocarbonyl (C=S) groups is 1. The van der Waals surface area contributed by atoms with Crippen LogP contribution in [0.15, 0.2) is 36.7 Å². The van der Waals surface area contributed by atoms with Crippen molar-refractivity contribution in [1.29, 1.82) is 0 Å². The van der Waals surface area contributed by atoms with Crippen molar-refractivity contribution in [2.75, 3.05) is 19.0 Å². The third-order valence-corrected chi connectivity index (χ3v) is 2.85. The Morgan fingerprint density at radius 2 is 2.11 bits per heavy atom. The molecule has 0 saturated carbocycles. The number of nitrogens with two attached hydrogens (primary N) is 1. The van der Waals surface area contributed by atoms with Crippen LogP contribution >= 0.6 is 12.2 Å². The Kier molecular flexibility index (Phi) is 4.48. The van der Waals surface area contributed by atoms with Crippen LogP contribution in [0.2, 0.25) is 0 Å². The largest absolute Gasteiger partial charge is 0.389 e. The number of benzene rings is 1. The number of nitrogens with one attached hydrogen (secondary N) is 1. The normalized spacial score (nSPS) is 10.4. The molecule has 1 aromatic carbocycles. The Morgan fingerprint density at radius 1 is 1.37 bits per heavy atom. The minimum Gasteiger partial charge on any atom is -0.389 e. The minimum absolute atomic E-state index is 0.402. The van der Waals surface area contributed by atoms with E-state index in [-0.39, 0.29) is 0 Å². The lowest BCUT2D eigenvalue weighted by atomic mass is 10.2. The number of methoxy groups -OCH3 is 1. The maximum Gasteiger partial charge on any atom is 0.103 e. The van der Waals surface area contributed by atoms with Gasteiger partial charge in [0.05, 0.1) is 25.0 Å². The lowest BCUT2D eigenvalue weighted by Crippen LogP contribution is -2.08. The van der Waals surface area contributed by atoms with E-state index in [1.54, 1.807) is 13.3 Å². The van der Waals surface area contributed by atoms with Gasteiger partial charge in [0.15, 0.2) is 0 Å². The van der Waals surface area contributed by atoms with E-state index in [0.717, 1.165) is 23.5 Å². The van der Waals surface area contributed by atoms with Crippen molar-refractivity contribution in [3.63, 3.8) is 0 Å². The fourth-order valence-electron chi connectivity index (χ4n) is 1.62. The molecule has 0 aliphatic carbocycles. The Hall–Kier alpha value is -1.92. The summed E-state index contributed by atoms with van der Waals surface area (Å²) in [7, 11) is 1.67. The molecule has 0 amide bonds. The first-order chi connectivity index (χ1) is 9.19. The first kappa shape index (κ1) is 13.5. The predicted molar refractivity (Wildman–Crippen MR) is 79.7 cm³/mol. The summed E-state index contributed by atoms with van der Waals surface area (Å²) in [5, 5.41) is 7.49. The van der Waals surface area contributed by atoms with Crippen molar-refractivity contribution >= 4 is 28.6 Å². The van der Waals surface area contributed by atoms with E-state index in [9.17, 15) is 0 Å². The van der Waals surface area contributed by atoms with E-state index >= 15 is 0 Å². The highest BCUT2D eigenvalue weighted by atomic mass is 32.1. The number of hydrogen-bond donors (Lipinski definition) is 2. The van der Waals surface area contributed by atoms with E-state index in [1.165, 1.54) is 0 Å². The summed E-state index contributed by atoms with van der Waals surface area (Å²) in [6, 6.07) is 7.64. The highest BCUT2D eigenvalue weighted by Gasteiger charge is 2.00. The highest BCUT2D eigenvalue weighted by molar-refractivity contribution is 7.80. The summed E-state index contributed by atoms with van der Waals surface area (Å²) >= 11 is 4.91. The molecule has 0 atom stereocenters. The summed E-state index contributed by atoms with van der Waals surface area (Å²) in [5.74, 6) is 0. The SMILES string of the molecule is COCCn1cc(Nc2ccc(C(N)=S)cc2)cn1. The highest BCUT2D eigenvalue weighted by Crippen LogP contribution is 2.16. The molecule has 0 spiro atoms. The molecule has 0 fully saturated rings. The van der Waals surface area contributed by atoms with Crippen LogP contribution in [-0.2, 0) is 11.3 Å². The van der Waals surface area contributed by atoms with Crippen molar-refractivity contribution in [3.8, 4) is 0 Å². The fourth-order valence-corrected chi connectivity index (χ4v) is 1.76. The molecule has 6 heteroatoms. The number of rotatable bonds is 6. The van der Waals surface area contributed by atoms with Gasteiger partial charge in [0.25, 0.3) is 0 Å². The van der Waals surface area contributed by atoms with Crippen LogP contribution in [0, 0.1) is 0 Å². The summed E-state index contributed by atoms with van der Waals surface area (Å²) in [4.78, 5) is 0.402. The minimum atomic E-state index is 0.402. The number of hydrogen-bond acceptors (Lipinski definition) is 4. The molecule has 1 aromatic heterocycles. The molecular formula is C13H16N4OS. The van der Waals surface area contributed by atoms with Crippen molar-refractivity contribution in [1.82, 2.24) is 9.78 Å². The van der Waals surface area contributed by atoms with Crippen molar-refractivity contribution < 1.29 is 4.74 Å². The zero-order valence-corrected chi connectivity index (χ0v) is 11.5. The zero-order chi connectivity index (χ0) is 13.7. The third kappa shape index (κ3) is 3.77. The molecule has 3 N–H and O–H groups in total. The Morgan fingerprint density at radius 3 is 2.74 bits per heavy atom. The van der Waals surface area contributed by atoms with Crippen molar-refractivity contribution in [3.05, 3.63) is 42.2 Å². The smallest absolute Gasteiger partial charge is 0.103 e. The summed E-state index contributed by atoms with van der Waals surface area (Å²) < 4.78 is 6.83. The van der Waals surface area contributed by atoms with Crippen LogP contribution in [-0.4, -0.2) is 28.5 Å². The van der Waals surface area contributed by atoms with Crippen LogP contribution in [0.25, 0.3) is 0 Å². The molecule has 1 heterocycles. The number of anilines is 2. The standard InChI is InChI=1S/C13H16N4OS/c1-18-7-6-17-9-12(8-15-17)16-11-4-2-10(3-5-11)13(14)19/h2-5,8-9,16H,6-7H2,1H3,(H2,14,19). The molecule has 100 valence electrons. The van der Waals surface area contributed by atoms with Crippen LogP contribution in [0.3, 0.4) is 0 Å². The third-order valence-electron chi connectivity index (χ3n) is 2.62. The van der Waals surface area contributed by atoms with Gasteiger partial charge >= 0.3 is 0 Å².